The molecule has 0 bridgehead atoms. The second-order valence-corrected chi connectivity index (χ2v) is 7.38. The van der Waals surface area contributed by atoms with E-state index in [4.69, 9.17) is 16.3 Å². The first kappa shape index (κ1) is 15.7. The molecule has 0 saturated heterocycles. The average Bonchev–Trinajstić information content (AvgIpc) is 2.37. The monoisotopic (exact) mass is 351 g/mol. The lowest BCUT2D eigenvalue weighted by Gasteiger charge is -2.14. The topological polar surface area (TPSA) is 114 Å². The summed E-state index contributed by atoms with van der Waals surface area (Å²) < 4.78 is 58.8. The molecule has 0 unspecified atom stereocenters. The zero-order valence-electron chi connectivity index (χ0n) is 10.6. The molecule has 21 heavy (non-hydrogen) atoms. The zero-order chi connectivity index (χ0) is 15.7. The average molecular weight is 352 g/mol. The Morgan fingerprint density at radius 3 is 2.86 bits per heavy atom. The Morgan fingerprint density at radius 1 is 1.48 bits per heavy atom. The number of sulfonamides is 2. The maximum Gasteiger partial charge on any atom is 0.286 e. The normalized spacial score (nSPS) is 16.5. The highest BCUT2D eigenvalue weighted by Crippen LogP contribution is 2.34. The van der Waals surface area contributed by atoms with Crippen LogP contribution in [0.4, 0.5) is 5.69 Å². The van der Waals surface area contributed by atoms with E-state index in [1.807, 2.05) is 0 Å². The van der Waals surface area contributed by atoms with Gasteiger partial charge in [-0.05, 0) is 19.1 Å². The van der Waals surface area contributed by atoms with Crippen molar-refractivity contribution < 1.29 is 21.6 Å². The fourth-order valence-corrected chi connectivity index (χ4v) is 3.86. The molecule has 0 fully saturated rings. The van der Waals surface area contributed by atoms with Crippen molar-refractivity contribution >= 4 is 50.1 Å². The van der Waals surface area contributed by atoms with Crippen LogP contribution < -0.4 is 5.32 Å². The zero-order valence-corrected chi connectivity index (χ0v) is 13.0. The second-order valence-electron chi connectivity index (χ2n) is 3.77. The summed E-state index contributed by atoms with van der Waals surface area (Å²) in [6, 6.07) is 2.10. The van der Waals surface area contributed by atoms with Crippen LogP contribution in [0, 0.1) is 0 Å². The van der Waals surface area contributed by atoms with Gasteiger partial charge in [0.05, 0.1) is 17.3 Å². The molecule has 0 saturated carbocycles. The first-order chi connectivity index (χ1) is 9.78. The maximum absolute atomic E-state index is 12.0. The van der Waals surface area contributed by atoms with E-state index < -0.39 is 24.9 Å². The summed E-state index contributed by atoms with van der Waals surface area (Å²) in [4.78, 5) is -0.735. The fraction of sp³-hybridized carbons (Fsp3) is 0.200. The van der Waals surface area contributed by atoms with Crippen LogP contribution in [0.3, 0.4) is 0 Å². The minimum atomic E-state index is -4.18. The third-order valence-electron chi connectivity index (χ3n) is 2.42. The molecule has 2 rings (SSSR count). The summed E-state index contributed by atoms with van der Waals surface area (Å²) in [5, 5.41) is 2.41. The van der Waals surface area contributed by atoms with Gasteiger partial charge in [-0.2, -0.15) is 16.8 Å². The predicted octanol–water partition coefficient (Wildman–Crippen LogP) is 1.24. The molecule has 114 valence electrons. The molecule has 0 aromatic heterocycles. The smallest absolute Gasteiger partial charge is 0.286 e. The van der Waals surface area contributed by atoms with Crippen molar-refractivity contribution in [2.24, 2.45) is 8.80 Å². The molecule has 1 aromatic carbocycles. The highest BCUT2D eigenvalue weighted by Gasteiger charge is 2.27. The van der Waals surface area contributed by atoms with Crippen LogP contribution in [0.25, 0.3) is 0 Å². The number of rotatable bonds is 4. The van der Waals surface area contributed by atoms with Crippen LogP contribution in [-0.2, 0) is 24.8 Å². The SMILES string of the molecule is CCO/C=N/S(=O)(=O)c1cc2c(cc1Cl)NC=NS2(=O)=O. The number of benzene rings is 1. The minimum Gasteiger partial charge on any atom is -0.483 e. The fourth-order valence-electron chi connectivity index (χ4n) is 1.50. The third kappa shape index (κ3) is 3.17. The molecule has 11 heteroatoms. The van der Waals surface area contributed by atoms with Gasteiger partial charge < -0.3 is 10.1 Å². The molecule has 8 nitrogen and oxygen atoms in total. The molecular formula is C10H10ClN3O5S2. The Labute approximate surface area is 126 Å². The quantitative estimate of drug-likeness (QED) is 0.644. The van der Waals surface area contributed by atoms with Gasteiger partial charge in [0.1, 0.15) is 16.1 Å². The summed E-state index contributed by atoms with van der Waals surface area (Å²) in [5.41, 5.74) is 0.141. The van der Waals surface area contributed by atoms with Crippen LogP contribution in [0.2, 0.25) is 5.02 Å². The lowest BCUT2D eigenvalue weighted by atomic mass is 10.3. The molecule has 1 aromatic rings. The van der Waals surface area contributed by atoms with Crippen LogP contribution in [-0.4, -0.2) is 36.2 Å². The predicted molar refractivity (Wildman–Crippen MR) is 78.1 cm³/mol. The van der Waals surface area contributed by atoms with E-state index in [2.05, 4.69) is 14.1 Å². The largest absolute Gasteiger partial charge is 0.483 e. The van der Waals surface area contributed by atoms with Crippen molar-refractivity contribution in [3.63, 3.8) is 0 Å². The number of ether oxygens (including phenoxy) is 1. The van der Waals surface area contributed by atoms with Crippen molar-refractivity contribution in [2.75, 3.05) is 11.9 Å². The van der Waals surface area contributed by atoms with Crippen molar-refractivity contribution in [1.29, 1.82) is 0 Å². The van der Waals surface area contributed by atoms with E-state index in [1.54, 1.807) is 6.92 Å². The molecule has 1 N–H and O–H groups in total. The van der Waals surface area contributed by atoms with Gasteiger partial charge in [0.25, 0.3) is 20.0 Å². The van der Waals surface area contributed by atoms with Gasteiger partial charge >= 0.3 is 0 Å². The third-order valence-corrected chi connectivity index (χ3v) is 5.38. The Hall–Kier alpha value is -1.65. The first-order valence-corrected chi connectivity index (χ1v) is 8.83. The maximum atomic E-state index is 12.0. The molecule has 1 aliphatic rings. The van der Waals surface area contributed by atoms with E-state index in [0.29, 0.717) is 0 Å². The Morgan fingerprint density at radius 2 is 2.19 bits per heavy atom. The van der Waals surface area contributed by atoms with Gasteiger partial charge in [0.15, 0.2) is 6.40 Å². The second kappa shape index (κ2) is 5.62. The van der Waals surface area contributed by atoms with Gasteiger partial charge in [0.2, 0.25) is 0 Å². The van der Waals surface area contributed by atoms with E-state index >= 15 is 0 Å². The van der Waals surface area contributed by atoms with E-state index in [-0.39, 0.29) is 22.2 Å². The number of halogens is 1. The summed E-state index contributed by atoms with van der Waals surface area (Å²) in [5.74, 6) is 0. The molecule has 0 aliphatic carbocycles. The van der Waals surface area contributed by atoms with Crippen LogP contribution in [0.15, 0.2) is 30.7 Å². The van der Waals surface area contributed by atoms with Crippen molar-refractivity contribution in [3.8, 4) is 0 Å². The van der Waals surface area contributed by atoms with E-state index in [0.717, 1.165) is 18.8 Å². The highest BCUT2D eigenvalue weighted by atomic mass is 35.5. The van der Waals surface area contributed by atoms with E-state index in [1.165, 1.54) is 6.07 Å². The number of hydrogen-bond donors (Lipinski definition) is 1. The van der Waals surface area contributed by atoms with Gasteiger partial charge in [-0.3, -0.25) is 0 Å². The molecule has 1 aliphatic heterocycles. The molecule has 0 spiro atoms. The summed E-state index contributed by atoms with van der Waals surface area (Å²) in [6.07, 6.45) is 1.74. The van der Waals surface area contributed by atoms with Crippen LogP contribution >= 0.6 is 11.6 Å². The molecule has 0 atom stereocenters. The number of anilines is 1. The summed E-state index contributed by atoms with van der Waals surface area (Å²) >= 11 is 5.88. The standard InChI is InChI=1S/C10H10ClN3O5S2/c1-2-19-6-14-20(15,16)9-4-10-8(3-7(9)11)12-5-13-21(10,17)18/h3-6H,2H2,1H3,(H,12,13)/b14-6+. The number of hydrogen-bond acceptors (Lipinski definition) is 6. The van der Waals surface area contributed by atoms with E-state index in [9.17, 15) is 16.8 Å². The van der Waals surface area contributed by atoms with Gasteiger partial charge in [-0.1, -0.05) is 11.6 Å². The summed E-state index contributed by atoms with van der Waals surface area (Å²) in [7, 11) is -8.14. The molecule has 0 amide bonds. The van der Waals surface area contributed by atoms with Crippen molar-refractivity contribution in [2.45, 2.75) is 16.7 Å². The van der Waals surface area contributed by atoms with Crippen LogP contribution in [0.1, 0.15) is 6.92 Å². The Balaban J connectivity index is 2.58. The lowest BCUT2D eigenvalue weighted by Crippen LogP contribution is -2.13. The number of fused-ring (bicyclic) bond motifs is 1. The number of nitrogens with one attached hydrogen (secondary N) is 1. The van der Waals surface area contributed by atoms with Crippen LogP contribution in [0.5, 0.6) is 0 Å². The molecular weight excluding hydrogens is 342 g/mol. The Kier molecular flexibility index (Phi) is 4.21. The Bertz CT molecular complexity index is 830. The van der Waals surface area contributed by atoms with Gasteiger partial charge in [-0.15, -0.1) is 8.80 Å². The number of nitrogens with zero attached hydrogens (tertiary/aromatic N) is 2. The summed E-state index contributed by atoms with van der Waals surface area (Å²) in [6.45, 7) is 1.89. The van der Waals surface area contributed by atoms with Gasteiger partial charge in [0, 0.05) is 0 Å². The lowest BCUT2D eigenvalue weighted by molar-refractivity contribution is 0.344. The first-order valence-electron chi connectivity index (χ1n) is 5.57. The van der Waals surface area contributed by atoms with Gasteiger partial charge in [-0.25, -0.2) is 0 Å². The molecule has 0 radical (unpaired) electrons. The highest BCUT2D eigenvalue weighted by molar-refractivity contribution is 7.91. The molecule has 1 heterocycles. The van der Waals surface area contributed by atoms with Crippen molar-refractivity contribution in [3.05, 3.63) is 17.2 Å². The van der Waals surface area contributed by atoms with Crippen molar-refractivity contribution in [1.82, 2.24) is 0 Å². The minimum absolute atomic E-state index is 0.141.